The molecular weight excluding hydrogens is 202 g/mol. The molecule has 0 bridgehead atoms. The molecule has 2 N–H and O–H groups in total. The van der Waals surface area contributed by atoms with Crippen LogP contribution < -0.4 is 5.32 Å². The maximum Gasteiger partial charge on any atom is 0.0585 e. The summed E-state index contributed by atoms with van der Waals surface area (Å²) in [5, 5.41) is 12.5. The van der Waals surface area contributed by atoms with E-state index in [-0.39, 0.29) is 12.6 Å². The summed E-state index contributed by atoms with van der Waals surface area (Å²) in [5.74, 6) is 0. The summed E-state index contributed by atoms with van der Waals surface area (Å²) in [6.45, 7) is 6.75. The Balaban J connectivity index is 2.18. The van der Waals surface area contributed by atoms with E-state index in [0.29, 0.717) is 6.04 Å². The lowest BCUT2D eigenvalue weighted by Gasteiger charge is -2.22. The number of nitrogens with one attached hydrogen (secondary N) is 1. The van der Waals surface area contributed by atoms with Gasteiger partial charge in [0.25, 0.3) is 0 Å². The van der Waals surface area contributed by atoms with Gasteiger partial charge in [-0.05, 0) is 46.6 Å². The van der Waals surface area contributed by atoms with Crippen LogP contribution in [-0.2, 0) is 0 Å². The molecule has 96 valence electrons. The summed E-state index contributed by atoms with van der Waals surface area (Å²) in [4.78, 5) is 4.82. The van der Waals surface area contributed by atoms with E-state index in [4.69, 9.17) is 0 Å². The molecule has 1 heterocycles. The molecule has 4 heteroatoms. The van der Waals surface area contributed by atoms with Gasteiger partial charge in [0.15, 0.2) is 0 Å². The minimum atomic E-state index is 0.249. The number of aliphatic hydroxyl groups is 1. The first-order valence-electron chi connectivity index (χ1n) is 6.40. The van der Waals surface area contributed by atoms with Crippen molar-refractivity contribution in [3.63, 3.8) is 0 Å². The Kier molecular flexibility index (Phi) is 6.28. The monoisotopic (exact) mass is 229 g/mol. The molecule has 0 amide bonds. The van der Waals surface area contributed by atoms with Crippen molar-refractivity contribution in [2.24, 2.45) is 0 Å². The molecule has 0 aromatic carbocycles. The Morgan fingerprint density at radius 3 is 2.75 bits per heavy atom. The highest BCUT2D eigenvalue weighted by Gasteiger charge is 2.23. The van der Waals surface area contributed by atoms with E-state index in [1.54, 1.807) is 0 Å². The van der Waals surface area contributed by atoms with Crippen molar-refractivity contribution in [2.75, 3.05) is 46.9 Å². The normalized spacial score (nSPS) is 24.2. The number of aliphatic hydroxyl groups excluding tert-OH is 1. The highest BCUT2D eigenvalue weighted by molar-refractivity contribution is 4.81. The predicted molar refractivity (Wildman–Crippen MR) is 67.7 cm³/mol. The van der Waals surface area contributed by atoms with E-state index >= 15 is 0 Å². The van der Waals surface area contributed by atoms with Gasteiger partial charge in [-0.2, -0.15) is 0 Å². The third-order valence-corrected chi connectivity index (χ3v) is 3.48. The summed E-state index contributed by atoms with van der Waals surface area (Å²) in [6.07, 6.45) is 2.32. The Morgan fingerprint density at radius 1 is 1.50 bits per heavy atom. The van der Waals surface area contributed by atoms with E-state index in [0.717, 1.165) is 19.5 Å². The summed E-state index contributed by atoms with van der Waals surface area (Å²) in [5.41, 5.74) is 0. The van der Waals surface area contributed by atoms with E-state index in [2.05, 4.69) is 36.1 Å². The third kappa shape index (κ3) is 4.37. The van der Waals surface area contributed by atoms with Crippen molar-refractivity contribution >= 4 is 0 Å². The van der Waals surface area contributed by atoms with E-state index in [9.17, 15) is 5.11 Å². The molecule has 1 fully saturated rings. The number of likely N-dealkylation sites (tertiary alicyclic amines) is 1. The fraction of sp³-hybridized carbons (Fsp3) is 1.00. The molecule has 1 aliphatic heterocycles. The van der Waals surface area contributed by atoms with Gasteiger partial charge in [-0.3, -0.25) is 0 Å². The molecule has 4 nitrogen and oxygen atoms in total. The van der Waals surface area contributed by atoms with Crippen LogP contribution in [0, 0.1) is 0 Å². The van der Waals surface area contributed by atoms with Crippen LogP contribution in [0.2, 0.25) is 0 Å². The van der Waals surface area contributed by atoms with Gasteiger partial charge in [-0.25, -0.2) is 0 Å². The Bertz CT molecular complexity index is 187. The molecule has 2 atom stereocenters. The second-order valence-electron chi connectivity index (χ2n) is 4.93. The molecular formula is C12H27N3O. The number of hydrogen-bond donors (Lipinski definition) is 2. The summed E-state index contributed by atoms with van der Waals surface area (Å²) in [6, 6.07) is 0.982. The van der Waals surface area contributed by atoms with Crippen LogP contribution in [0.15, 0.2) is 0 Å². The zero-order chi connectivity index (χ0) is 12.0. The molecule has 2 unspecified atom stereocenters. The van der Waals surface area contributed by atoms with Crippen molar-refractivity contribution in [3.05, 3.63) is 0 Å². The van der Waals surface area contributed by atoms with Crippen LogP contribution in [0.4, 0.5) is 0 Å². The number of nitrogens with zero attached hydrogens (tertiary/aromatic N) is 2. The van der Waals surface area contributed by atoms with Crippen LogP contribution in [0.3, 0.4) is 0 Å². The second-order valence-corrected chi connectivity index (χ2v) is 4.93. The molecule has 1 aliphatic rings. The van der Waals surface area contributed by atoms with E-state index in [1.807, 2.05) is 0 Å². The van der Waals surface area contributed by atoms with Gasteiger partial charge in [-0.15, -0.1) is 0 Å². The van der Waals surface area contributed by atoms with Crippen molar-refractivity contribution in [3.8, 4) is 0 Å². The first kappa shape index (κ1) is 13.9. The second kappa shape index (κ2) is 7.22. The highest BCUT2D eigenvalue weighted by Crippen LogP contribution is 2.13. The van der Waals surface area contributed by atoms with Crippen LogP contribution in [0.1, 0.15) is 19.8 Å². The minimum absolute atomic E-state index is 0.249. The van der Waals surface area contributed by atoms with Gasteiger partial charge in [-0.1, -0.05) is 6.92 Å². The Labute approximate surface area is 99.6 Å². The molecule has 16 heavy (non-hydrogen) atoms. The number of hydrogen-bond acceptors (Lipinski definition) is 4. The van der Waals surface area contributed by atoms with Gasteiger partial charge in [0.1, 0.15) is 0 Å². The number of rotatable bonds is 7. The van der Waals surface area contributed by atoms with Crippen molar-refractivity contribution < 1.29 is 5.11 Å². The van der Waals surface area contributed by atoms with Gasteiger partial charge >= 0.3 is 0 Å². The molecule has 0 aromatic heterocycles. The lowest BCUT2D eigenvalue weighted by molar-refractivity contribution is 0.213. The van der Waals surface area contributed by atoms with Gasteiger partial charge < -0.3 is 20.2 Å². The zero-order valence-corrected chi connectivity index (χ0v) is 10.9. The molecule has 0 aromatic rings. The molecule has 0 spiro atoms. The first-order chi connectivity index (χ1) is 7.67. The van der Waals surface area contributed by atoms with Crippen molar-refractivity contribution in [1.29, 1.82) is 0 Å². The third-order valence-electron chi connectivity index (χ3n) is 3.48. The van der Waals surface area contributed by atoms with Crippen LogP contribution >= 0.6 is 0 Å². The summed E-state index contributed by atoms with van der Waals surface area (Å²) >= 11 is 0. The summed E-state index contributed by atoms with van der Waals surface area (Å²) < 4.78 is 0. The zero-order valence-electron chi connectivity index (χ0n) is 10.9. The topological polar surface area (TPSA) is 38.7 Å². The van der Waals surface area contributed by atoms with E-state index < -0.39 is 0 Å². The van der Waals surface area contributed by atoms with E-state index in [1.165, 1.54) is 19.5 Å². The SMILES string of the molecule is CCNC(CO)CCN1CCC(N(C)C)C1. The largest absolute Gasteiger partial charge is 0.395 e. The highest BCUT2D eigenvalue weighted by atomic mass is 16.3. The fourth-order valence-electron chi connectivity index (χ4n) is 2.32. The molecule has 0 radical (unpaired) electrons. The maximum absolute atomic E-state index is 9.18. The minimum Gasteiger partial charge on any atom is -0.395 e. The molecule has 0 saturated carbocycles. The average molecular weight is 229 g/mol. The molecule has 1 rings (SSSR count). The van der Waals surface area contributed by atoms with Crippen LogP contribution in [0.25, 0.3) is 0 Å². The van der Waals surface area contributed by atoms with Crippen LogP contribution in [0.5, 0.6) is 0 Å². The lowest BCUT2D eigenvalue weighted by Crippen LogP contribution is -2.37. The van der Waals surface area contributed by atoms with Gasteiger partial charge in [0.2, 0.25) is 0 Å². The lowest BCUT2D eigenvalue weighted by atomic mass is 10.2. The van der Waals surface area contributed by atoms with Gasteiger partial charge in [0.05, 0.1) is 6.61 Å². The Hall–Kier alpha value is -0.160. The smallest absolute Gasteiger partial charge is 0.0585 e. The Morgan fingerprint density at radius 2 is 2.25 bits per heavy atom. The standard InChI is InChI=1S/C12H27N3O/c1-4-13-11(10-16)5-7-15-8-6-12(9-15)14(2)3/h11-13,16H,4-10H2,1-3H3. The number of likely N-dealkylation sites (N-methyl/N-ethyl adjacent to an activating group) is 2. The summed E-state index contributed by atoms with van der Waals surface area (Å²) in [7, 11) is 4.31. The predicted octanol–water partition coefficient (Wildman–Crippen LogP) is -0.0172. The first-order valence-corrected chi connectivity index (χ1v) is 6.40. The maximum atomic E-state index is 9.18. The molecule has 0 aliphatic carbocycles. The van der Waals surface area contributed by atoms with Gasteiger partial charge in [0, 0.05) is 18.6 Å². The fourth-order valence-corrected chi connectivity index (χ4v) is 2.32. The molecule has 1 saturated heterocycles. The average Bonchev–Trinajstić information content (AvgIpc) is 2.73. The van der Waals surface area contributed by atoms with Crippen LogP contribution in [-0.4, -0.2) is 73.9 Å². The quantitative estimate of drug-likeness (QED) is 0.644. The van der Waals surface area contributed by atoms with Crippen molar-refractivity contribution in [1.82, 2.24) is 15.1 Å². The van der Waals surface area contributed by atoms with Crippen molar-refractivity contribution in [2.45, 2.75) is 31.8 Å².